The minimum absolute atomic E-state index is 0.0477. The van der Waals surface area contributed by atoms with Gasteiger partial charge >= 0.3 is 0 Å². The fourth-order valence-electron chi connectivity index (χ4n) is 5.20. The van der Waals surface area contributed by atoms with Gasteiger partial charge in [0.25, 0.3) is 0 Å². The summed E-state index contributed by atoms with van der Waals surface area (Å²) in [5.74, 6) is 0.999. The summed E-state index contributed by atoms with van der Waals surface area (Å²) in [5, 5.41) is 13.6. The molecule has 164 valence electrons. The lowest BCUT2D eigenvalue weighted by molar-refractivity contribution is 0.346. The van der Waals surface area contributed by atoms with Crippen molar-refractivity contribution in [3.05, 3.63) is 59.7 Å². The maximum Gasteiger partial charge on any atom is 0.243 e. The minimum atomic E-state index is -3.47. The molecule has 2 aromatic carbocycles. The second kappa shape index (κ2) is 7.88. The molecule has 6 nitrogen and oxygen atoms in total. The number of hydrogen-bond acceptors (Lipinski definition) is 5. The smallest absolute Gasteiger partial charge is 0.243 e. The lowest BCUT2D eigenvalue weighted by Crippen LogP contribution is -2.36. The van der Waals surface area contributed by atoms with Gasteiger partial charge in [0.2, 0.25) is 10.0 Å². The number of benzene rings is 2. The predicted octanol–water partition coefficient (Wildman–Crippen LogP) is 4.40. The minimum Gasteiger partial charge on any atom is -0.504 e. The monoisotopic (exact) mass is 440 g/mol. The molecule has 5 rings (SSSR count). The third-order valence-corrected chi connectivity index (χ3v) is 8.74. The van der Waals surface area contributed by atoms with E-state index in [9.17, 15) is 13.5 Å². The van der Waals surface area contributed by atoms with Gasteiger partial charge in [-0.05, 0) is 66.6 Å². The van der Waals surface area contributed by atoms with E-state index in [0.717, 1.165) is 42.5 Å². The third-order valence-electron chi connectivity index (χ3n) is 6.85. The number of allylic oxidation sites excluding steroid dienone is 2. The number of phenolic OH excluding ortho intramolecular Hbond substituents is 1. The van der Waals surface area contributed by atoms with Crippen molar-refractivity contribution in [2.75, 3.05) is 25.5 Å². The second-order valence-electron chi connectivity index (χ2n) is 8.62. The van der Waals surface area contributed by atoms with Crippen LogP contribution < -0.4 is 10.1 Å². The first-order chi connectivity index (χ1) is 15.0. The van der Waals surface area contributed by atoms with Crippen LogP contribution in [0.3, 0.4) is 0 Å². The molecule has 2 aromatic rings. The Hall–Kier alpha value is -2.51. The first-order valence-corrected chi connectivity index (χ1v) is 12.4. The number of methoxy groups -OCH3 is 1. The highest BCUT2D eigenvalue weighted by Gasteiger charge is 2.39. The number of nitrogens with one attached hydrogen (secondary N) is 1. The molecule has 2 heterocycles. The van der Waals surface area contributed by atoms with Gasteiger partial charge in [0.1, 0.15) is 0 Å². The fourth-order valence-corrected chi connectivity index (χ4v) is 6.76. The van der Waals surface area contributed by atoms with Gasteiger partial charge in [-0.15, -0.1) is 0 Å². The molecule has 0 spiro atoms. The van der Waals surface area contributed by atoms with E-state index in [2.05, 4.69) is 17.5 Å². The first kappa shape index (κ1) is 20.4. The van der Waals surface area contributed by atoms with Crippen molar-refractivity contribution in [1.29, 1.82) is 0 Å². The summed E-state index contributed by atoms with van der Waals surface area (Å²) in [7, 11) is -1.92. The van der Waals surface area contributed by atoms with E-state index in [4.69, 9.17) is 4.74 Å². The highest BCUT2D eigenvalue weighted by Crippen LogP contribution is 2.51. The first-order valence-electron chi connectivity index (χ1n) is 10.9. The Kier molecular flexibility index (Phi) is 5.18. The number of anilines is 1. The zero-order valence-electron chi connectivity index (χ0n) is 17.6. The van der Waals surface area contributed by atoms with Crippen LogP contribution in [0.25, 0.3) is 0 Å². The summed E-state index contributed by atoms with van der Waals surface area (Å²) in [4.78, 5) is 0.388. The van der Waals surface area contributed by atoms with Crippen molar-refractivity contribution in [2.45, 2.75) is 42.5 Å². The summed E-state index contributed by atoms with van der Waals surface area (Å²) in [6, 6.07) is 11.0. The third kappa shape index (κ3) is 3.49. The van der Waals surface area contributed by atoms with Crippen LogP contribution in [-0.4, -0.2) is 38.0 Å². The number of phenols is 1. The van der Waals surface area contributed by atoms with Gasteiger partial charge in [0, 0.05) is 24.7 Å². The molecule has 0 saturated carbocycles. The van der Waals surface area contributed by atoms with Crippen LogP contribution in [0.15, 0.2) is 53.4 Å². The van der Waals surface area contributed by atoms with Gasteiger partial charge in [-0.2, -0.15) is 4.31 Å². The summed E-state index contributed by atoms with van der Waals surface area (Å²) in [6.45, 7) is 1.21. The molecule has 0 bridgehead atoms. The van der Waals surface area contributed by atoms with Crippen molar-refractivity contribution in [3.8, 4) is 11.5 Å². The SMILES string of the molecule is COc1cc(C2Nc3ccc(S(=O)(=O)N4CCCCC4)cc3C3C=CCC32)ccc1O. The lowest BCUT2D eigenvalue weighted by atomic mass is 9.77. The van der Waals surface area contributed by atoms with E-state index in [-0.39, 0.29) is 23.6 Å². The van der Waals surface area contributed by atoms with Gasteiger partial charge < -0.3 is 15.2 Å². The zero-order chi connectivity index (χ0) is 21.6. The molecule has 0 aromatic heterocycles. The molecule has 1 saturated heterocycles. The maximum atomic E-state index is 13.2. The van der Waals surface area contributed by atoms with E-state index in [1.54, 1.807) is 23.5 Å². The van der Waals surface area contributed by atoms with Gasteiger partial charge in [0.05, 0.1) is 18.0 Å². The summed E-state index contributed by atoms with van der Waals surface area (Å²) < 4.78 is 33.3. The number of piperidine rings is 1. The van der Waals surface area contributed by atoms with E-state index in [1.807, 2.05) is 24.3 Å². The Morgan fingerprint density at radius 3 is 2.68 bits per heavy atom. The van der Waals surface area contributed by atoms with Crippen molar-refractivity contribution < 1.29 is 18.3 Å². The van der Waals surface area contributed by atoms with Crippen LogP contribution >= 0.6 is 0 Å². The number of sulfonamides is 1. The highest BCUT2D eigenvalue weighted by molar-refractivity contribution is 7.89. The molecule has 2 aliphatic heterocycles. The van der Waals surface area contributed by atoms with E-state index in [0.29, 0.717) is 23.7 Å². The fraction of sp³-hybridized carbons (Fsp3) is 0.417. The molecule has 31 heavy (non-hydrogen) atoms. The zero-order valence-corrected chi connectivity index (χ0v) is 18.4. The Labute approximate surface area is 183 Å². The van der Waals surface area contributed by atoms with Crippen molar-refractivity contribution >= 4 is 15.7 Å². The Morgan fingerprint density at radius 2 is 1.90 bits per heavy atom. The largest absolute Gasteiger partial charge is 0.504 e. The van der Waals surface area contributed by atoms with Crippen molar-refractivity contribution in [2.24, 2.45) is 5.92 Å². The van der Waals surface area contributed by atoms with Gasteiger partial charge in [-0.25, -0.2) is 8.42 Å². The van der Waals surface area contributed by atoms with Crippen molar-refractivity contribution in [3.63, 3.8) is 0 Å². The van der Waals surface area contributed by atoms with Crippen LogP contribution in [0.1, 0.15) is 48.8 Å². The Morgan fingerprint density at radius 1 is 1.10 bits per heavy atom. The normalized spacial score (nSPS) is 25.5. The number of fused-ring (bicyclic) bond motifs is 3. The average molecular weight is 441 g/mol. The highest BCUT2D eigenvalue weighted by atomic mass is 32.2. The molecule has 3 atom stereocenters. The van der Waals surface area contributed by atoms with Gasteiger partial charge in [-0.1, -0.05) is 24.6 Å². The Balaban J connectivity index is 1.51. The molecule has 3 unspecified atom stereocenters. The summed E-state index contributed by atoms with van der Waals surface area (Å²) >= 11 is 0. The summed E-state index contributed by atoms with van der Waals surface area (Å²) in [6.07, 6.45) is 8.24. The molecular weight excluding hydrogens is 412 g/mol. The summed E-state index contributed by atoms with van der Waals surface area (Å²) in [5.41, 5.74) is 3.05. The predicted molar refractivity (Wildman–Crippen MR) is 120 cm³/mol. The molecule has 0 radical (unpaired) electrons. The van der Waals surface area contributed by atoms with E-state index in [1.165, 1.54) is 0 Å². The molecular formula is C24H28N2O4S. The van der Waals surface area contributed by atoms with Crippen LogP contribution in [0.2, 0.25) is 0 Å². The average Bonchev–Trinajstić information content (AvgIpc) is 3.29. The van der Waals surface area contributed by atoms with Crippen LogP contribution in [0.4, 0.5) is 5.69 Å². The molecule has 2 N–H and O–H groups in total. The number of hydrogen-bond donors (Lipinski definition) is 2. The maximum absolute atomic E-state index is 13.2. The Bertz CT molecular complexity index is 1120. The van der Waals surface area contributed by atoms with Gasteiger partial charge in [-0.3, -0.25) is 0 Å². The van der Waals surface area contributed by atoms with Crippen LogP contribution in [0, 0.1) is 5.92 Å². The van der Waals surface area contributed by atoms with Gasteiger partial charge in [0.15, 0.2) is 11.5 Å². The van der Waals surface area contributed by atoms with Crippen LogP contribution in [-0.2, 0) is 10.0 Å². The number of rotatable bonds is 4. The standard InChI is InChI=1S/C24H28N2O4S/c1-30-23-14-16(8-11-22(23)27)24-19-7-5-6-18(19)20-15-17(9-10-21(20)25-24)31(28,29)26-12-3-2-4-13-26/h5-6,8-11,14-15,18-19,24-25,27H,2-4,7,12-13H2,1H3. The molecule has 0 amide bonds. The topological polar surface area (TPSA) is 78.9 Å². The molecule has 1 aliphatic carbocycles. The molecule has 1 fully saturated rings. The number of aromatic hydroxyl groups is 1. The second-order valence-corrected chi connectivity index (χ2v) is 10.6. The number of nitrogens with zero attached hydrogens (tertiary/aromatic N) is 1. The quantitative estimate of drug-likeness (QED) is 0.689. The van der Waals surface area contributed by atoms with E-state index >= 15 is 0 Å². The molecule has 7 heteroatoms. The number of ether oxygens (including phenoxy) is 1. The van der Waals surface area contributed by atoms with Crippen molar-refractivity contribution in [1.82, 2.24) is 4.31 Å². The van der Waals surface area contributed by atoms with E-state index < -0.39 is 10.0 Å². The molecule has 3 aliphatic rings. The lowest BCUT2D eigenvalue weighted by Gasteiger charge is -2.38. The van der Waals surface area contributed by atoms with Crippen LogP contribution in [0.5, 0.6) is 11.5 Å².